The second-order valence-electron chi connectivity index (χ2n) is 4.46. The molecule has 0 spiro atoms. The topological polar surface area (TPSA) is 40.5 Å². The first-order chi connectivity index (χ1) is 7.41. The Morgan fingerprint density at radius 3 is 2.50 bits per heavy atom. The molecule has 1 N–H and O–H groups in total. The SMILES string of the molecule is Cc1cc(C(=O)O)ccc1CN(C)C(C)C. The van der Waals surface area contributed by atoms with Crippen molar-refractivity contribution in [3.63, 3.8) is 0 Å². The molecule has 0 aliphatic rings. The Hall–Kier alpha value is -1.35. The number of aromatic carboxylic acids is 1. The number of nitrogens with zero attached hydrogens (tertiary/aromatic N) is 1. The van der Waals surface area contributed by atoms with Gasteiger partial charge in [-0.15, -0.1) is 0 Å². The van der Waals surface area contributed by atoms with E-state index >= 15 is 0 Å². The zero-order valence-corrected chi connectivity index (χ0v) is 10.3. The molecule has 1 rings (SSSR count). The summed E-state index contributed by atoms with van der Waals surface area (Å²) in [4.78, 5) is 13.0. The molecule has 0 heterocycles. The Balaban J connectivity index is 2.87. The van der Waals surface area contributed by atoms with Gasteiger partial charge >= 0.3 is 5.97 Å². The number of hydrogen-bond donors (Lipinski definition) is 1. The lowest BCUT2D eigenvalue weighted by Crippen LogP contribution is -2.26. The highest BCUT2D eigenvalue weighted by atomic mass is 16.4. The molecule has 1 aromatic rings. The van der Waals surface area contributed by atoms with Crippen molar-refractivity contribution < 1.29 is 9.90 Å². The van der Waals surface area contributed by atoms with E-state index in [-0.39, 0.29) is 0 Å². The quantitative estimate of drug-likeness (QED) is 0.849. The van der Waals surface area contributed by atoms with Gasteiger partial charge in [0.05, 0.1) is 5.56 Å². The van der Waals surface area contributed by atoms with Crippen LogP contribution in [0.2, 0.25) is 0 Å². The van der Waals surface area contributed by atoms with Crippen LogP contribution in [0, 0.1) is 6.92 Å². The second-order valence-corrected chi connectivity index (χ2v) is 4.46. The molecule has 0 unspecified atom stereocenters. The first-order valence-corrected chi connectivity index (χ1v) is 5.45. The molecule has 88 valence electrons. The molecule has 0 aliphatic carbocycles. The Kier molecular flexibility index (Phi) is 4.07. The highest BCUT2D eigenvalue weighted by Gasteiger charge is 2.09. The summed E-state index contributed by atoms with van der Waals surface area (Å²) < 4.78 is 0. The fourth-order valence-corrected chi connectivity index (χ4v) is 1.46. The second kappa shape index (κ2) is 5.12. The zero-order chi connectivity index (χ0) is 12.3. The summed E-state index contributed by atoms with van der Waals surface area (Å²) in [6.07, 6.45) is 0. The molecule has 1 aromatic carbocycles. The number of carboxylic acid groups (broad SMARTS) is 1. The van der Waals surface area contributed by atoms with Gasteiger partial charge in [-0.3, -0.25) is 4.90 Å². The van der Waals surface area contributed by atoms with E-state index in [4.69, 9.17) is 5.11 Å². The highest BCUT2D eigenvalue weighted by molar-refractivity contribution is 5.87. The van der Waals surface area contributed by atoms with Gasteiger partial charge in [0.25, 0.3) is 0 Å². The smallest absolute Gasteiger partial charge is 0.335 e. The number of hydrogen-bond acceptors (Lipinski definition) is 2. The van der Waals surface area contributed by atoms with Crippen molar-refractivity contribution in [2.24, 2.45) is 0 Å². The van der Waals surface area contributed by atoms with Crippen molar-refractivity contribution in [3.05, 3.63) is 34.9 Å². The predicted molar refractivity (Wildman–Crippen MR) is 64.7 cm³/mol. The molecule has 16 heavy (non-hydrogen) atoms. The summed E-state index contributed by atoms with van der Waals surface area (Å²) in [5.74, 6) is -0.869. The van der Waals surface area contributed by atoms with Crippen LogP contribution >= 0.6 is 0 Å². The van der Waals surface area contributed by atoms with Gasteiger partial charge < -0.3 is 5.11 Å². The van der Waals surface area contributed by atoms with E-state index < -0.39 is 5.97 Å². The Morgan fingerprint density at radius 2 is 2.06 bits per heavy atom. The fourth-order valence-electron chi connectivity index (χ4n) is 1.46. The van der Waals surface area contributed by atoms with Crippen molar-refractivity contribution >= 4 is 5.97 Å². The van der Waals surface area contributed by atoms with E-state index in [2.05, 4.69) is 25.8 Å². The van der Waals surface area contributed by atoms with Crippen molar-refractivity contribution in [2.75, 3.05) is 7.05 Å². The van der Waals surface area contributed by atoms with Gasteiger partial charge in [-0.1, -0.05) is 6.07 Å². The minimum absolute atomic E-state index is 0.355. The maximum atomic E-state index is 10.8. The van der Waals surface area contributed by atoms with Gasteiger partial charge in [0.1, 0.15) is 0 Å². The standard InChI is InChI=1S/C13H19NO2/c1-9(2)14(4)8-12-6-5-11(13(15)16)7-10(12)3/h5-7,9H,8H2,1-4H3,(H,15,16). The van der Waals surface area contributed by atoms with Gasteiger partial charge in [0, 0.05) is 12.6 Å². The van der Waals surface area contributed by atoms with Crippen LogP contribution in [0.5, 0.6) is 0 Å². The van der Waals surface area contributed by atoms with Crippen LogP contribution in [0.25, 0.3) is 0 Å². The molecule has 0 atom stereocenters. The molecule has 3 nitrogen and oxygen atoms in total. The molecule has 0 amide bonds. The molecule has 0 saturated heterocycles. The average Bonchev–Trinajstić information content (AvgIpc) is 2.20. The van der Waals surface area contributed by atoms with E-state index in [0.29, 0.717) is 11.6 Å². The van der Waals surface area contributed by atoms with Crippen molar-refractivity contribution in [2.45, 2.75) is 33.4 Å². The van der Waals surface area contributed by atoms with E-state index in [1.54, 1.807) is 12.1 Å². The van der Waals surface area contributed by atoms with Crippen LogP contribution in [0.15, 0.2) is 18.2 Å². The summed E-state index contributed by atoms with van der Waals surface area (Å²) in [5.41, 5.74) is 2.57. The van der Waals surface area contributed by atoms with Crippen molar-refractivity contribution in [3.8, 4) is 0 Å². The van der Waals surface area contributed by atoms with E-state index in [9.17, 15) is 4.79 Å². The number of aryl methyl sites for hydroxylation is 1. The Morgan fingerprint density at radius 1 is 1.44 bits per heavy atom. The molecular weight excluding hydrogens is 202 g/mol. The van der Waals surface area contributed by atoms with E-state index in [0.717, 1.165) is 12.1 Å². The fraction of sp³-hybridized carbons (Fsp3) is 0.462. The van der Waals surface area contributed by atoms with Crippen LogP contribution in [-0.4, -0.2) is 29.1 Å². The third kappa shape index (κ3) is 3.07. The molecule has 3 heteroatoms. The van der Waals surface area contributed by atoms with Crippen LogP contribution in [-0.2, 0) is 6.54 Å². The van der Waals surface area contributed by atoms with E-state index in [1.165, 1.54) is 5.56 Å². The van der Waals surface area contributed by atoms with Gasteiger partial charge in [-0.2, -0.15) is 0 Å². The molecule has 0 saturated carbocycles. The lowest BCUT2D eigenvalue weighted by molar-refractivity contribution is 0.0696. The van der Waals surface area contributed by atoms with E-state index in [1.807, 2.05) is 13.0 Å². The molecule has 0 aromatic heterocycles. The largest absolute Gasteiger partial charge is 0.478 e. The maximum absolute atomic E-state index is 10.8. The third-order valence-electron chi connectivity index (χ3n) is 2.89. The Labute approximate surface area is 96.7 Å². The Bertz CT molecular complexity index is 386. The number of benzene rings is 1. The first-order valence-electron chi connectivity index (χ1n) is 5.45. The third-order valence-corrected chi connectivity index (χ3v) is 2.89. The van der Waals surface area contributed by atoms with Crippen molar-refractivity contribution in [1.82, 2.24) is 4.90 Å². The molecular formula is C13H19NO2. The maximum Gasteiger partial charge on any atom is 0.335 e. The summed E-state index contributed by atoms with van der Waals surface area (Å²) >= 11 is 0. The van der Waals surface area contributed by atoms with Crippen LogP contribution in [0.3, 0.4) is 0 Å². The molecule has 0 aliphatic heterocycles. The minimum atomic E-state index is -0.869. The lowest BCUT2D eigenvalue weighted by atomic mass is 10.0. The number of carbonyl (C=O) groups is 1. The van der Waals surface area contributed by atoms with Gasteiger partial charge in [0.2, 0.25) is 0 Å². The van der Waals surface area contributed by atoms with Gasteiger partial charge in [-0.25, -0.2) is 4.79 Å². The van der Waals surface area contributed by atoms with Crippen molar-refractivity contribution in [1.29, 1.82) is 0 Å². The monoisotopic (exact) mass is 221 g/mol. The molecule has 0 bridgehead atoms. The van der Waals surface area contributed by atoms with Gasteiger partial charge in [-0.05, 0) is 51.1 Å². The molecule has 0 fully saturated rings. The minimum Gasteiger partial charge on any atom is -0.478 e. The predicted octanol–water partition coefficient (Wildman–Crippen LogP) is 2.53. The number of carboxylic acids is 1. The first kappa shape index (κ1) is 12.7. The van der Waals surface area contributed by atoms with Crippen LogP contribution in [0.1, 0.15) is 35.3 Å². The lowest BCUT2D eigenvalue weighted by Gasteiger charge is -2.22. The normalized spacial score (nSPS) is 11.1. The van der Waals surface area contributed by atoms with Crippen LogP contribution < -0.4 is 0 Å². The molecule has 0 radical (unpaired) electrons. The summed E-state index contributed by atoms with van der Waals surface area (Å²) in [7, 11) is 2.06. The number of rotatable bonds is 4. The highest BCUT2D eigenvalue weighted by Crippen LogP contribution is 2.14. The zero-order valence-electron chi connectivity index (χ0n) is 10.3. The van der Waals surface area contributed by atoms with Gasteiger partial charge in [0.15, 0.2) is 0 Å². The summed E-state index contributed by atoms with van der Waals surface area (Å²) in [6.45, 7) is 7.08. The van der Waals surface area contributed by atoms with Crippen LogP contribution in [0.4, 0.5) is 0 Å². The average molecular weight is 221 g/mol. The summed E-state index contributed by atoms with van der Waals surface area (Å²) in [6, 6.07) is 5.78. The summed E-state index contributed by atoms with van der Waals surface area (Å²) in [5, 5.41) is 8.86.